The molecule has 158 valence electrons. The van der Waals surface area contributed by atoms with E-state index in [0.717, 1.165) is 5.56 Å². The van der Waals surface area contributed by atoms with Crippen LogP contribution in [0.2, 0.25) is 5.02 Å². The number of anilines is 1. The summed E-state index contributed by atoms with van der Waals surface area (Å²) < 4.78 is 5.32. The highest BCUT2D eigenvalue weighted by Crippen LogP contribution is 2.42. The summed E-state index contributed by atoms with van der Waals surface area (Å²) in [5, 5.41) is 10.4. The maximum absolute atomic E-state index is 13.4. The number of morpholine rings is 1. The zero-order valence-corrected chi connectivity index (χ0v) is 18.2. The highest BCUT2D eigenvalue weighted by atomic mass is 35.5. The fourth-order valence-electron chi connectivity index (χ4n) is 3.58. The van der Waals surface area contributed by atoms with Crippen LogP contribution in [-0.2, 0) is 20.7 Å². The van der Waals surface area contributed by atoms with Crippen molar-refractivity contribution in [2.24, 2.45) is 0 Å². The molecule has 2 heterocycles. The predicted octanol–water partition coefficient (Wildman–Crippen LogP) is 3.63. The third kappa shape index (κ3) is 4.47. The molecule has 2 amide bonds. The number of benzene rings is 2. The van der Waals surface area contributed by atoms with Crippen LogP contribution in [0.15, 0.2) is 65.2 Å². The molecule has 0 N–H and O–H groups in total. The topological polar surface area (TPSA) is 73.6 Å². The van der Waals surface area contributed by atoms with Crippen molar-refractivity contribution in [2.45, 2.75) is 11.7 Å². The van der Waals surface area contributed by atoms with Crippen LogP contribution >= 0.6 is 23.4 Å². The fraction of sp³-hybridized carbons (Fsp3) is 0.261. The number of nitriles is 1. The van der Waals surface area contributed by atoms with Crippen LogP contribution in [0.5, 0.6) is 0 Å². The molecule has 2 fully saturated rings. The molecule has 4 rings (SSSR count). The number of hydrogen-bond acceptors (Lipinski definition) is 5. The molecule has 0 radical (unpaired) electrons. The van der Waals surface area contributed by atoms with E-state index >= 15 is 0 Å². The number of halogens is 1. The first kappa shape index (κ1) is 21.4. The quantitative estimate of drug-likeness (QED) is 0.522. The van der Waals surface area contributed by atoms with Crippen molar-refractivity contribution in [3.63, 3.8) is 0 Å². The van der Waals surface area contributed by atoms with E-state index in [2.05, 4.69) is 6.07 Å². The van der Waals surface area contributed by atoms with Gasteiger partial charge in [-0.3, -0.25) is 14.5 Å². The minimum Gasteiger partial charge on any atom is -0.378 e. The van der Waals surface area contributed by atoms with Crippen molar-refractivity contribution in [1.29, 1.82) is 5.26 Å². The van der Waals surface area contributed by atoms with E-state index in [-0.39, 0.29) is 17.4 Å². The molecule has 31 heavy (non-hydrogen) atoms. The molecule has 2 aliphatic rings. The van der Waals surface area contributed by atoms with E-state index in [1.165, 1.54) is 16.7 Å². The third-order valence-corrected chi connectivity index (χ3v) is 6.80. The Morgan fingerprint density at radius 3 is 2.48 bits per heavy atom. The summed E-state index contributed by atoms with van der Waals surface area (Å²) in [5.41, 5.74) is 1.45. The first-order chi connectivity index (χ1) is 15.1. The fourth-order valence-corrected chi connectivity index (χ4v) is 5.08. The number of hydrogen-bond donors (Lipinski definition) is 0. The van der Waals surface area contributed by atoms with Crippen LogP contribution in [0.3, 0.4) is 0 Å². The minimum atomic E-state index is -0.490. The van der Waals surface area contributed by atoms with E-state index in [4.69, 9.17) is 16.3 Å². The molecule has 1 atom stereocenters. The first-order valence-electron chi connectivity index (χ1n) is 9.90. The lowest BCUT2D eigenvalue weighted by Crippen LogP contribution is -2.42. The molecule has 6 nitrogen and oxygen atoms in total. The molecule has 0 aromatic heterocycles. The Morgan fingerprint density at radius 2 is 1.81 bits per heavy atom. The molecule has 0 bridgehead atoms. The molecule has 1 unspecified atom stereocenters. The highest BCUT2D eigenvalue weighted by Gasteiger charge is 2.41. The lowest BCUT2D eigenvalue weighted by molar-refractivity contribution is -0.130. The molecule has 2 aliphatic heterocycles. The number of carbonyl (C=O) groups excluding carboxylic acids is 2. The minimum absolute atomic E-state index is 0.0224. The molecular formula is C23H20ClN3O3S. The molecule has 2 saturated heterocycles. The lowest BCUT2D eigenvalue weighted by Gasteiger charge is -2.27. The van der Waals surface area contributed by atoms with Gasteiger partial charge in [-0.25, -0.2) is 0 Å². The predicted molar refractivity (Wildman–Crippen MR) is 121 cm³/mol. The van der Waals surface area contributed by atoms with Gasteiger partial charge in [0, 0.05) is 23.8 Å². The Balaban J connectivity index is 1.73. The van der Waals surface area contributed by atoms with E-state index in [1.54, 1.807) is 23.1 Å². The van der Waals surface area contributed by atoms with Gasteiger partial charge >= 0.3 is 0 Å². The third-order valence-electron chi connectivity index (χ3n) is 5.17. The van der Waals surface area contributed by atoms with Crippen LogP contribution in [-0.4, -0.2) is 48.3 Å². The van der Waals surface area contributed by atoms with Crippen molar-refractivity contribution >= 4 is 40.9 Å². The summed E-state index contributed by atoms with van der Waals surface area (Å²) in [6.45, 7) is 1.71. The average Bonchev–Trinajstić information content (AvgIpc) is 3.12. The van der Waals surface area contributed by atoms with Crippen molar-refractivity contribution < 1.29 is 14.3 Å². The Kier molecular flexibility index (Phi) is 6.62. The van der Waals surface area contributed by atoms with Gasteiger partial charge in [0.2, 0.25) is 5.91 Å². The summed E-state index contributed by atoms with van der Waals surface area (Å²) >= 11 is 7.56. The smallest absolute Gasteiger partial charge is 0.267 e. The Morgan fingerprint density at radius 1 is 1.13 bits per heavy atom. The van der Waals surface area contributed by atoms with Crippen molar-refractivity contribution in [3.8, 4) is 6.07 Å². The molecule has 0 aliphatic carbocycles. The summed E-state index contributed by atoms with van der Waals surface area (Å²) in [4.78, 5) is 29.7. The van der Waals surface area contributed by atoms with Gasteiger partial charge in [-0.2, -0.15) is 5.26 Å². The van der Waals surface area contributed by atoms with Crippen LogP contribution < -0.4 is 4.90 Å². The van der Waals surface area contributed by atoms with Gasteiger partial charge < -0.3 is 9.64 Å². The summed E-state index contributed by atoms with van der Waals surface area (Å²) in [6, 6.07) is 18.5. The highest BCUT2D eigenvalue weighted by molar-refractivity contribution is 8.05. The number of thioether (sulfide) groups is 1. The molecule has 2 aromatic rings. The SMILES string of the molecule is N#CC(C(=O)N1CCOCC1)=C1SC(Cc2ccccc2Cl)C(=O)N1c1ccccc1. The van der Waals surface area contributed by atoms with Crippen LogP contribution in [0, 0.1) is 11.3 Å². The second-order valence-electron chi connectivity index (χ2n) is 7.11. The number of nitrogens with zero attached hydrogens (tertiary/aromatic N) is 3. The van der Waals surface area contributed by atoms with Gasteiger partial charge in [0.1, 0.15) is 16.7 Å². The first-order valence-corrected chi connectivity index (χ1v) is 11.2. The summed E-state index contributed by atoms with van der Waals surface area (Å²) in [5.74, 6) is -0.547. The molecule has 0 saturated carbocycles. The Hall–Kier alpha value is -2.79. The normalized spacial score (nSPS) is 20.5. The molecular weight excluding hydrogens is 434 g/mol. The molecule has 2 aromatic carbocycles. The van der Waals surface area contributed by atoms with E-state index < -0.39 is 5.25 Å². The van der Waals surface area contributed by atoms with Crippen molar-refractivity contribution in [3.05, 3.63) is 75.8 Å². The van der Waals surface area contributed by atoms with E-state index in [1.807, 2.05) is 36.4 Å². The second-order valence-corrected chi connectivity index (χ2v) is 8.71. The van der Waals surface area contributed by atoms with Gasteiger partial charge in [0.15, 0.2) is 0 Å². The van der Waals surface area contributed by atoms with Gasteiger partial charge in [-0.05, 0) is 30.2 Å². The van der Waals surface area contributed by atoms with Gasteiger partial charge in [0.25, 0.3) is 5.91 Å². The average molecular weight is 454 g/mol. The van der Waals surface area contributed by atoms with E-state index in [9.17, 15) is 14.9 Å². The number of rotatable bonds is 4. The number of carbonyl (C=O) groups is 2. The zero-order chi connectivity index (χ0) is 21.8. The van der Waals surface area contributed by atoms with Gasteiger partial charge in [-0.1, -0.05) is 59.8 Å². The Labute approximate surface area is 190 Å². The zero-order valence-electron chi connectivity index (χ0n) is 16.7. The van der Waals surface area contributed by atoms with Crippen molar-refractivity contribution in [1.82, 2.24) is 4.90 Å². The second kappa shape index (κ2) is 9.56. The van der Waals surface area contributed by atoms with Gasteiger partial charge in [0.05, 0.1) is 18.5 Å². The van der Waals surface area contributed by atoms with Crippen LogP contribution in [0.1, 0.15) is 5.56 Å². The summed E-state index contributed by atoms with van der Waals surface area (Å²) in [6.07, 6.45) is 0.403. The number of para-hydroxylation sites is 1. The number of amides is 2. The maximum atomic E-state index is 13.4. The number of ether oxygens (including phenoxy) is 1. The Bertz CT molecular complexity index is 1060. The van der Waals surface area contributed by atoms with Crippen molar-refractivity contribution in [2.75, 3.05) is 31.2 Å². The van der Waals surface area contributed by atoms with Gasteiger partial charge in [-0.15, -0.1) is 0 Å². The molecule has 8 heteroatoms. The van der Waals surface area contributed by atoms with Crippen LogP contribution in [0.25, 0.3) is 0 Å². The molecule has 0 spiro atoms. The van der Waals surface area contributed by atoms with Crippen LogP contribution in [0.4, 0.5) is 5.69 Å². The largest absolute Gasteiger partial charge is 0.378 e. The maximum Gasteiger partial charge on any atom is 0.267 e. The van der Waals surface area contributed by atoms with E-state index in [0.29, 0.717) is 48.5 Å². The standard InChI is InChI=1S/C23H20ClN3O3S/c24-19-9-5-4-6-16(19)14-20-22(29)27(17-7-2-1-3-8-17)23(31-20)18(15-25)21(28)26-10-12-30-13-11-26/h1-9,20H,10-14H2. The lowest BCUT2D eigenvalue weighted by atomic mass is 10.1. The monoisotopic (exact) mass is 453 g/mol. The summed E-state index contributed by atoms with van der Waals surface area (Å²) in [7, 11) is 0.